The van der Waals surface area contributed by atoms with E-state index >= 15 is 0 Å². The number of hydrogen-bond acceptors (Lipinski definition) is 7. The fraction of sp³-hybridized carbons (Fsp3) is 0.787. The molecule has 85 heavy (non-hydrogen) atoms. The molecule has 0 heterocycles. The molecule has 2 atom stereocenters. The van der Waals surface area contributed by atoms with E-state index in [4.69, 9.17) is 18.5 Å². The summed E-state index contributed by atoms with van der Waals surface area (Å²) in [5, 5.41) is 0. The van der Waals surface area contributed by atoms with Crippen LogP contribution in [-0.4, -0.2) is 74.9 Å². The van der Waals surface area contributed by atoms with Crippen molar-refractivity contribution in [2.75, 3.05) is 47.5 Å². The monoisotopic (exact) mass is 1210 g/mol. The number of carbonyl (C=O) groups is 2. The molecule has 0 aliphatic carbocycles. The van der Waals surface area contributed by atoms with Gasteiger partial charge in [-0.15, -0.1) is 0 Å². The van der Waals surface area contributed by atoms with Crippen LogP contribution in [0.2, 0.25) is 0 Å². The summed E-state index contributed by atoms with van der Waals surface area (Å²) in [5.74, 6) is -0.789. The Hall–Kier alpha value is -2.81. The Morgan fingerprint density at radius 3 is 1.00 bits per heavy atom. The molecule has 0 spiro atoms. The van der Waals surface area contributed by atoms with Crippen LogP contribution in [0.4, 0.5) is 0 Å². The maximum atomic E-state index is 12.9. The third-order valence-electron chi connectivity index (χ3n) is 15.7. The molecule has 0 aromatic rings. The van der Waals surface area contributed by atoms with Crippen LogP contribution < -0.4 is 0 Å². The first-order valence-corrected chi connectivity index (χ1v) is 37.3. The van der Waals surface area contributed by atoms with E-state index in [1.807, 2.05) is 21.1 Å². The number of carbonyl (C=O) groups excluding carboxylic acids is 2. The van der Waals surface area contributed by atoms with Gasteiger partial charge in [-0.3, -0.25) is 18.6 Å². The van der Waals surface area contributed by atoms with Gasteiger partial charge in [0.25, 0.3) is 0 Å². The van der Waals surface area contributed by atoms with Crippen LogP contribution in [0.5, 0.6) is 0 Å². The highest BCUT2D eigenvalue weighted by Gasteiger charge is 2.27. The van der Waals surface area contributed by atoms with Crippen molar-refractivity contribution in [1.82, 2.24) is 0 Å². The van der Waals surface area contributed by atoms with E-state index in [9.17, 15) is 19.0 Å². The molecule has 0 aromatic carbocycles. The molecule has 494 valence electrons. The van der Waals surface area contributed by atoms with Crippen molar-refractivity contribution in [3.8, 4) is 0 Å². The largest absolute Gasteiger partial charge is 0.472 e. The van der Waals surface area contributed by atoms with Crippen molar-refractivity contribution in [1.29, 1.82) is 0 Å². The minimum absolute atomic E-state index is 0.0299. The summed E-state index contributed by atoms with van der Waals surface area (Å²) in [6, 6.07) is 0. The highest BCUT2D eigenvalue weighted by Crippen LogP contribution is 2.43. The van der Waals surface area contributed by atoms with Crippen molar-refractivity contribution in [3.63, 3.8) is 0 Å². The highest BCUT2D eigenvalue weighted by atomic mass is 31.2. The summed E-state index contributed by atoms with van der Waals surface area (Å²) >= 11 is 0. The maximum absolute atomic E-state index is 12.9. The molecule has 0 aromatic heterocycles. The molecule has 10 heteroatoms. The molecule has 2 unspecified atom stereocenters. The highest BCUT2D eigenvalue weighted by molar-refractivity contribution is 7.47. The van der Waals surface area contributed by atoms with E-state index in [-0.39, 0.29) is 25.6 Å². The Kier molecular flexibility index (Phi) is 63.5. The zero-order valence-electron chi connectivity index (χ0n) is 56.3. The van der Waals surface area contributed by atoms with Crippen LogP contribution in [0.15, 0.2) is 85.1 Å². The number of esters is 2. The summed E-state index contributed by atoms with van der Waals surface area (Å²) in [5.41, 5.74) is 0. The summed E-state index contributed by atoms with van der Waals surface area (Å²) < 4.78 is 34.7. The van der Waals surface area contributed by atoms with E-state index in [0.717, 1.165) is 89.9 Å². The summed E-state index contributed by atoms with van der Waals surface area (Å²) in [7, 11) is 1.48. The standard InChI is InChI=1S/C75H136NO8P/c1-6-8-10-12-14-16-18-20-22-24-26-28-30-32-34-36-37-38-39-40-42-44-46-48-50-52-54-56-58-60-62-64-66-68-75(78)84-73(72-83-85(79,80)82-70-69-76(3,4)5)71-81-74(77)67-65-63-61-59-57-55-53-51-49-47-45-43-41-35-33-31-29-27-25-23-21-19-17-15-13-11-9-7-2/h8,10,14,16,20,22,26,28,32,34,37-38,40,42,73H,6-7,9,11-13,15,17-19,21,23-25,27,29-31,33,35-36,39,41,43-72H2,1-5H3/p+1/b10-8-,16-14-,22-20-,28-26-,34-32-,38-37-,42-40-. The lowest BCUT2D eigenvalue weighted by Crippen LogP contribution is -2.37. The van der Waals surface area contributed by atoms with E-state index in [1.165, 1.54) is 205 Å². The lowest BCUT2D eigenvalue weighted by atomic mass is 10.0. The van der Waals surface area contributed by atoms with Gasteiger partial charge in [-0.05, 0) is 70.6 Å². The van der Waals surface area contributed by atoms with Gasteiger partial charge in [0.1, 0.15) is 19.8 Å². The molecule has 0 aliphatic rings. The third kappa shape index (κ3) is 70.2. The predicted octanol–water partition coefficient (Wildman–Crippen LogP) is 23.3. The van der Waals surface area contributed by atoms with Gasteiger partial charge in [0.05, 0.1) is 27.7 Å². The second-order valence-electron chi connectivity index (χ2n) is 25.3. The van der Waals surface area contributed by atoms with E-state index < -0.39 is 26.5 Å². The molecule has 1 N–H and O–H groups in total. The molecule has 0 amide bonds. The van der Waals surface area contributed by atoms with Gasteiger partial charge in [0, 0.05) is 12.8 Å². The molecule has 0 aliphatic heterocycles. The Labute approximate surface area is 526 Å². The number of phosphoric acid groups is 1. The van der Waals surface area contributed by atoms with Crippen LogP contribution in [0.3, 0.4) is 0 Å². The van der Waals surface area contributed by atoms with E-state index in [0.29, 0.717) is 23.9 Å². The number of rotatable bonds is 66. The molecule has 0 radical (unpaired) electrons. The number of allylic oxidation sites excluding steroid dienone is 14. The zero-order valence-corrected chi connectivity index (χ0v) is 57.2. The number of quaternary nitrogens is 1. The SMILES string of the molecule is CC/C=C\C/C=C\C/C=C\C/C=C\C/C=C\C/C=C\C/C=C\CCCCCCCCCCCCCC(=O)OC(COC(=O)CCCCCCCCCCCCCCCCCCCCCCCCCCCCCC)COP(=O)(O)OCC[N+](C)(C)C. The van der Waals surface area contributed by atoms with E-state index in [1.54, 1.807) is 0 Å². The molecular weight excluding hydrogens is 1070 g/mol. The average Bonchev–Trinajstić information content (AvgIpc) is 3.54. The first-order valence-electron chi connectivity index (χ1n) is 35.8. The van der Waals surface area contributed by atoms with Gasteiger partial charge in [-0.2, -0.15) is 0 Å². The van der Waals surface area contributed by atoms with Crippen LogP contribution in [0.1, 0.15) is 328 Å². The number of likely N-dealkylation sites (N-methyl/N-ethyl adjacent to an activating group) is 1. The maximum Gasteiger partial charge on any atom is 0.472 e. The molecule has 9 nitrogen and oxygen atoms in total. The molecule has 0 rings (SSSR count). The van der Waals surface area contributed by atoms with Crippen molar-refractivity contribution in [3.05, 3.63) is 85.1 Å². The second-order valence-corrected chi connectivity index (χ2v) is 26.7. The molecule has 0 saturated heterocycles. The summed E-state index contributed by atoms with van der Waals surface area (Å²) in [6.45, 7) is 4.36. The van der Waals surface area contributed by atoms with Gasteiger partial charge < -0.3 is 18.9 Å². The molecular formula is C75H137NO8P+. The quantitative estimate of drug-likeness (QED) is 0.0211. The number of hydrogen-bond donors (Lipinski definition) is 1. The van der Waals surface area contributed by atoms with Crippen LogP contribution in [0.25, 0.3) is 0 Å². The normalized spacial score (nSPS) is 13.6. The lowest BCUT2D eigenvalue weighted by Gasteiger charge is -2.24. The van der Waals surface area contributed by atoms with Gasteiger partial charge in [0.2, 0.25) is 0 Å². The number of nitrogens with zero attached hydrogens (tertiary/aromatic N) is 1. The average molecular weight is 1210 g/mol. The van der Waals surface area contributed by atoms with Gasteiger partial charge >= 0.3 is 19.8 Å². The predicted molar refractivity (Wildman–Crippen MR) is 367 cm³/mol. The van der Waals surface area contributed by atoms with Gasteiger partial charge in [-0.1, -0.05) is 330 Å². The number of unbranched alkanes of at least 4 members (excludes halogenated alkanes) is 38. The summed E-state index contributed by atoms with van der Waals surface area (Å²) in [6.07, 6.45) is 89.8. The fourth-order valence-electron chi connectivity index (χ4n) is 10.2. The molecule has 0 fully saturated rings. The lowest BCUT2D eigenvalue weighted by molar-refractivity contribution is -0.870. The third-order valence-corrected chi connectivity index (χ3v) is 16.7. The molecule has 0 bridgehead atoms. The fourth-order valence-corrected chi connectivity index (χ4v) is 11.0. The minimum atomic E-state index is -4.40. The van der Waals surface area contributed by atoms with E-state index in [2.05, 4.69) is 98.9 Å². The van der Waals surface area contributed by atoms with Gasteiger partial charge in [0.15, 0.2) is 6.10 Å². The number of phosphoric ester groups is 1. The van der Waals surface area contributed by atoms with Crippen LogP contribution in [-0.2, 0) is 32.7 Å². The number of ether oxygens (including phenoxy) is 2. The first kappa shape index (κ1) is 82.2. The smallest absolute Gasteiger partial charge is 0.462 e. The molecule has 0 saturated carbocycles. The van der Waals surface area contributed by atoms with Crippen LogP contribution >= 0.6 is 7.82 Å². The van der Waals surface area contributed by atoms with Gasteiger partial charge in [-0.25, -0.2) is 4.57 Å². The Morgan fingerprint density at radius 1 is 0.376 bits per heavy atom. The van der Waals surface area contributed by atoms with Crippen molar-refractivity contribution >= 4 is 19.8 Å². The van der Waals surface area contributed by atoms with Crippen molar-refractivity contribution in [2.45, 2.75) is 335 Å². The Balaban J connectivity index is 4.04. The summed E-state index contributed by atoms with van der Waals surface area (Å²) in [4.78, 5) is 35.9. The Morgan fingerprint density at radius 2 is 0.671 bits per heavy atom. The van der Waals surface area contributed by atoms with Crippen molar-refractivity contribution in [2.24, 2.45) is 0 Å². The first-order chi connectivity index (χ1) is 41.5. The van der Waals surface area contributed by atoms with Crippen LogP contribution in [0, 0.1) is 0 Å². The topological polar surface area (TPSA) is 108 Å². The second kappa shape index (κ2) is 65.6. The minimum Gasteiger partial charge on any atom is -0.462 e. The Bertz CT molecular complexity index is 1710. The zero-order chi connectivity index (χ0) is 61.9. The van der Waals surface area contributed by atoms with Crippen molar-refractivity contribution < 1.29 is 42.1 Å².